The molecule has 1 heterocycles. The molecule has 1 aromatic carbocycles. The third-order valence-corrected chi connectivity index (χ3v) is 4.25. The highest BCUT2D eigenvalue weighted by atomic mass is 35.5. The summed E-state index contributed by atoms with van der Waals surface area (Å²) in [6, 6.07) is 5.69. The Kier molecular flexibility index (Phi) is 9.08. The van der Waals surface area contributed by atoms with Gasteiger partial charge < -0.3 is 20.1 Å². The van der Waals surface area contributed by atoms with Crippen molar-refractivity contribution in [2.24, 2.45) is 5.92 Å². The lowest BCUT2D eigenvalue weighted by atomic mass is 10.0. The second-order valence-electron chi connectivity index (χ2n) is 6.85. The Morgan fingerprint density at radius 2 is 2.04 bits per heavy atom. The molecule has 1 saturated heterocycles. The van der Waals surface area contributed by atoms with Gasteiger partial charge in [0.2, 0.25) is 5.91 Å². The molecule has 2 atom stereocenters. The van der Waals surface area contributed by atoms with E-state index in [0.717, 1.165) is 37.1 Å². The number of nitrogens with one attached hydrogen (secondary N) is 2. The molecule has 0 saturated carbocycles. The summed E-state index contributed by atoms with van der Waals surface area (Å²) in [7, 11) is 1.64. The number of carbonyl (C=O) groups excluding carboxylic acids is 1. The maximum absolute atomic E-state index is 12.4. The van der Waals surface area contributed by atoms with E-state index in [9.17, 15) is 4.79 Å². The summed E-state index contributed by atoms with van der Waals surface area (Å²) in [5.41, 5.74) is 1.01. The van der Waals surface area contributed by atoms with Crippen molar-refractivity contribution < 1.29 is 14.3 Å². The number of hydrogen-bond donors (Lipinski definition) is 2. The lowest BCUT2D eigenvalue weighted by Crippen LogP contribution is -2.47. The number of rotatable bonds is 7. The van der Waals surface area contributed by atoms with Gasteiger partial charge in [-0.25, -0.2) is 0 Å². The number of amides is 1. The summed E-state index contributed by atoms with van der Waals surface area (Å²) in [6.07, 6.45) is 3.16. The number of piperidine rings is 1. The van der Waals surface area contributed by atoms with Crippen molar-refractivity contribution in [3.63, 3.8) is 0 Å². The Labute approximate surface area is 157 Å². The molecule has 142 valence electrons. The molecule has 0 spiro atoms. The Morgan fingerprint density at radius 1 is 1.28 bits per heavy atom. The number of halogens is 1. The molecule has 1 aliphatic heterocycles. The van der Waals surface area contributed by atoms with Crippen LogP contribution in [0.15, 0.2) is 18.2 Å². The standard InChI is InChI=1S/C19H30N2O3.ClH/c1-13(2)12-24-17-9-8-15(11-18(17)23-4)14(3)21-19(22)16-7-5-6-10-20-16;/h8-9,11,13-14,16,20H,5-7,10,12H2,1-4H3,(H,21,22);1H. The number of carbonyl (C=O) groups is 1. The average molecular weight is 371 g/mol. The second-order valence-corrected chi connectivity index (χ2v) is 6.85. The Balaban J connectivity index is 0.00000312. The molecule has 6 heteroatoms. The van der Waals surface area contributed by atoms with E-state index in [2.05, 4.69) is 24.5 Å². The van der Waals surface area contributed by atoms with Crippen LogP contribution in [0.4, 0.5) is 0 Å². The molecule has 0 aromatic heterocycles. The lowest BCUT2D eigenvalue weighted by molar-refractivity contribution is -0.124. The third-order valence-electron chi connectivity index (χ3n) is 4.25. The Bertz CT molecular complexity index is 545. The van der Waals surface area contributed by atoms with Crippen molar-refractivity contribution >= 4 is 18.3 Å². The summed E-state index contributed by atoms with van der Waals surface area (Å²) in [6.45, 7) is 7.77. The van der Waals surface area contributed by atoms with Crippen LogP contribution in [-0.2, 0) is 4.79 Å². The van der Waals surface area contributed by atoms with Gasteiger partial charge in [0.05, 0.1) is 25.8 Å². The SMILES string of the molecule is COc1cc(C(C)NC(=O)C2CCCCN2)ccc1OCC(C)C.Cl. The zero-order valence-corrected chi connectivity index (χ0v) is 16.4. The van der Waals surface area contributed by atoms with E-state index in [4.69, 9.17) is 9.47 Å². The zero-order chi connectivity index (χ0) is 17.5. The summed E-state index contributed by atoms with van der Waals surface area (Å²) >= 11 is 0. The number of benzene rings is 1. The fraction of sp³-hybridized carbons (Fsp3) is 0.632. The number of methoxy groups -OCH3 is 1. The van der Waals surface area contributed by atoms with Gasteiger partial charge >= 0.3 is 0 Å². The zero-order valence-electron chi connectivity index (χ0n) is 15.6. The molecular weight excluding hydrogens is 340 g/mol. The maximum Gasteiger partial charge on any atom is 0.237 e. The van der Waals surface area contributed by atoms with E-state index in [-0.39, 0.29) is 30.4 Å². The van der Waals surface area contributed by atoms with Gasteiger partial charge in [0.1, 0.15) is 0 Å². The molecule has 0 radical (unpaired) electrons. The van der Waals surface area contributed by atoms with E-state index in [1.54, 1.807) is 7.11 Å². The van der Waals surface area contributed by atoms with Gasteiger partial charge in [0.25, 0.3) is 0 Å². The van der Waals surface area contributed by atoms with E-state index in [0.29, 0.717) is 18.3 Å². The topological polar surface area (TPSA) is 59.6 Å². The first-order valence-corrected chi connectivity index (χ1v) is 8.85. The van der Waals surface area contributed by atoms with Crippen molar-refractivity contribution in [2.75, 3.05) is 20.3 Å². The number of ether oxygens (including phenoxy) is 2. The minimum atomic E-state index is -0.0747. The van der Waals surface area contributed by atoms with Gasteiger partial charge in [-0.15, -0.1) is 12.4 Å². The first-order valence-electron chi connectivity index (χ1n) is 8.85. The normalized spacial score (nSPS) is 18.2. The predicted molar refractivity (Wildman–Crippen MR) is 103 cm³/mol. The molecule has 2 N–H and O–H groups in total. The molecule has 1 aromatic rings. The van der Waals surface area contributed by atoms with E-state index in [1.807, 2.05) is 25.1 Å². The fourth-order valence-electron chi connectivity index (χ4n) is 2.80. The minimum absolute atomic E-state index is 0. The lowest BCUT2D eigenvalue weighted by Gasteiger charge is -2.25. The fourth-order valence-corrected chi connectivity index (χ4v) is 2.80. The van der Waals surface area contributed by atoms with Gasteiger partial charge in [-0.1, -0.05) is 26.3 Å². The highest BCUT2D eigenvalue weighted by Gasteiger charge is 2.22. The highest BCUT2D eigenvalue weighted by molar-refractivity contribution is 5.85. The van der Waals surface area contributed by atoms with Crippen molar-refractivity contribution in [1.29, 1.82) is 0 Å². The summed E-state index contributed by atoms with van der Waals surface area (Å²) in [4.78, 5) is 12.4. The van der Waals surface area contributed by atoms with Crippen LogP contribution in [-0.4, -0.2) is 32.2 Å². The summed E-state index contributed by atoms with van der Waals surface area (Å²) in [5, 5.41) is 6.37. The van der Waals surface area contributed by atoms with E-state index in [1.165, 1.54) is 0 Å². The molecule has 2 rings (SSSR count). The van der Waals surface area contributed by atoms with Crippen LogP contribution in [0, 0.1) is 5.92 Å². The van der Waals surface area contributed by atoms with Gasteiger partial charge in [-0.2, -0.15) is 0 Å². The largest absolute Gasteiger partial charge is 0.493 e. The van der Waals surface area contributed by atoms with Gasteiger partial charge in [0.15, 0.2) is 11.5 Å². The van der Waals surface area contributed by atoms with Crippen LogP contribution in [0.2, 0.25) is 0 Å². The third kappa shape index (κ3) is 6.40. The van der Waals surface area contributed by atoms with Crippen LogP contribution < -0.4 is 20.1 Å². The van der Waals surface area contributed by atoms with Crippen molar-refractivity contribution in [1.82, 2.24) is 10.6 Å². The van der Waals surface area contributed by atoms with E-state index < -0.39 is 0 Å². The smallest absolute Gasteiger partial charge is 0.237 e. The van der Waals surface area contributed by atoms with Gasteiger partial charge in [-0.3, -0.25) is 4.79 Å². The van der Waals surface area contributed by atoms with Crippen LogP contribution in [0.1, 0.15) is 51.6 Å². The molecule has 0 bridgehead atoms. The molecule has 0 aliphatic carbocycles. The van der Waals surface area contributed by atoms with Crippen LogP contribution in [0.5, 0.6) is 11.5 Å². The maximum atomic E-state index is 12.4. The molecule has 1 fully saturated rings. The first-order chi connectivity index (χ1) is 11.5. The van der Waals surface area contributed by atoms with Crippen molar-refractivity contribution in [3.8, 4) is 11.5 Å². The first kappa shape index (κ1) is 21.6. The van der Waals surface area contributed by atoms with Crippen LogP contribution in [0.25, 0.3) is 0 Å². The summed E-state index contributed by atoms with van der Waals surface area (Å²) < 4.78 is 11.2. The molecule has 5 nitrogen and oxygen atoms in total. The van der Waals surface area contributed by atoms with Crippen LogP contribution >= 0.6 is 12.4 Å². The summed E-state index contributed by atoms with van der Waals surface area (Å²) in [5.74, 6) is 1.96. The monoisotopic (exact) mass is 370 g/mol. The molecule has 25 heavy (non-hydrogen) atoms. The Hall–Kier alpha value is -1.46. The van der Waals surface area contributed by atoms with Gasteiger partial charge in [0, 0.05) is 0 Å². The van der Waals surface area contributed by atoms with Gasteiger partial charge in [-0.05, 0) is 49.9 Å². The van der Waals surface area contributed by atoms with Crippen LogP contribution in [0.3, 0.4) is 0 Å². The number of hydrogen-bond acceptors (Lipinski definition) is 4. The molecule has 1 aliphatic rings. The van der Waals surface area contributed by atoms with E-state index >= 15 is 0 Å². The quantitative estimate of drug-likeness (QED) is 0.771. The van der Waals surface area contributed by atoms with Crippen molar-refractivity contribution in [2.45, 2.75) is 52.1 Å². The molecule has 1 amide bonds. The second kappa shape index (κ2) is 10.5. The Morgan fingerprint density at radius 3 is 2.64 bits per heavy atom. The van der Waals surface area contributed by atoms with Crippen molar-refractivity contribution in [3.05, 3.63) is 23.8 Å². The predicted octanol–water partition coefficient (Wildman–Crippen LogP) is 3.47. The molecular formula is C19H31ClN2O3. The minimum Gasteiger partial charge on any atom is -0.493 e. The highest BCUT2D eigenvalue weighted by Crippen LogP contribution is 2.30. The molecule has 2 unspecified atom stereocenters. The average Bonchev–Trinajstić information content (AvgIpc) is 2.60.